The molecular weight excluding hydrogens is 677 g/mol. The smallest absolute Gasteiger partial charge is 0.160 e. The molecule has 2 heteroatoms. The highest BCUT2D eigenvalue weighted by molar-refractivity contribution is 6.16. The summed E-state index contributed by atoms with van der Waals surface area (Å²) in [4.78, 5) is 10.1. The predicted molar refractivity (Wildman–Crippen MR) is 234 cm³/mol. The van der Waals surface area contributed by atoms with Gasteiger partial charge in [-0.25, -0.2) is 9.97 Å². The average Bonchev–Trinajstić information content (AvgIpc) is 3.61. The lowest BCUT2D eigenvalue weighted by Crippen LogP contribution is -1.96. The number of fused-ring (bicyclic) bond motifs is 4. The van der Waals surface area contributed by atoms with Gasteiger partial charge in [-0.3, -0.25) is 0 Å². The molecule has 0 N–H and O–H groups in total. The Morgan fingerprint density at radius 2 is 0.679 bits per heavy atom. The maximum Gasteiger partial charge on any atom is 0.160 e. The zero-order chi connectivity index (χ0) is 37.0. The Hall–Kier alpha value is -7.42. The summed E-state index contributed by atoms with van der Waals surface area (Å²) in [7, 11) is 0. The number of hydrogen-bond acceptors (Lipinski definition) is 2. The summed E-state index contributed by atoms with van der Waals surface area (Å²) in [6.45, 7) is 0. The first-order valence-corrected chi connectivity index (χ1v) is 19.1. The van der Waals surface area contributed by atoms with Crippen molar-refractivity contribution in [3.05, 3.63) is 206 Å². The van der Waals surface area contributed by atoms with Gasteiger partial charge in [-0.1, -0.05) is 176 Å². The minimum atomic E-state index is 0.713. The maximum absolute atomic E-state index is 5.07. The second-order valence-electron chi connectivity index (χ2n) is 14.6. The van der Waals surface area contributed by atoms with Crippen LogP contribution in [-0.2, 0) is 0 Å². The van der Waals surface area contributed by atoms with Gasteiger partial charge in [0.15, 0.2) is 5.82 Å². The van der Waals surface area contributed by atoms with E-state index in [0.29, 0.717) is 5.82 Å². The van der Waals surface area contributed by atoms with Crippen molar-refractivity contribution >= 4 is 21.5 Å². The van der Waals surface area contributed by atoms with E-state index in [1.807, 2.05) is 24.3 Å². The van der Waals surface area contributed by atoms with Crippen LogP contribution in [0.15, 0.2) is 206 Å². The van der Waals surface area contributed by atoms with Crippen molar-refractivity contribution in [2.24, 2.45) is 0 Å². The molecule has 0 saturated heterocycles. The van der Waals surface area contributed by atoms with Crippen molar-refractivity contribution in [3.8, 4) is 89.5 Å². The van der Waals surface area contributed by atoms with Crippen LogP contribution in [0.2, 0.25) is 0 Å². The lowest BCUT2D eigenvalue weighted by molar-refractivity contribution is 1.18. The van der Waals surface area contributed by atoms with Crippen LogP contribution in [0.3, 0.4) is 0 Å². The third-order valence-corrected chi connectivity index (χ3v) is 11.2. The molecule has 0 aliphatic heterocycles. The molecule has 56 heavy (non-hydrogen) atoms. The largest absolute Gasteiger partial charge is 0.228 e. The van der Waals surface area contributed by atoms with Crippen molar-refractivity contribution in [1.82, 2.24) is 9.97 Å². The molecule has 1 aromatic heterocycles. The Morgan fingerprint density at radius 3 is 1.30 bits per heavy atom. The van der Waals surface area contributed by atoms with Crippen LogP contribution >= 0.6 is 0 Å². The fourth-order valence-electron chi connectivity index (χ4n) is 8.35. The molecule has 0 unspecified atom stereocenters. The van der Waals surface area contributed by atoms with Crippen LogP contribution < -0.4 is 0 Å². The minimum Gasteiger partial charge on any atom is -0.228 e. The molecule has 260 valence electrons. The second kappa shape index (κ2) is 13.2. The van der Waals surface area contributed by atoms with Crippen LogP contribution in [0.4, 0.5) is 0 Å². The number of rotatable bonds is 6. The topological polar surface area (TPSA) is 25.8 Å². The third-order valence-electron chi connectivity index (χ3n) is 11.2. The van der Waals surface area contributed by atoms with Crippen LogP contribution in [0.25, 0.3) is 111 Å². The fourth-order valence-corrected chi connectivity index (χ4v) is 8.35. The third kappa shape index (κ3) is 5.59. The summed E-state index contributed by atoms with van der Waals surface area (Å²) >= 11 is 0. The van der Waals surface area contributed by atoms with Crippen LogP contribution in [0.5, 0.6) is 0 Å². The molecular formula is C54H34N2. The maximum atomic E-state index is 5.07. The van der Waals surface area contributed by atoms with Gasteiger partial charge in [0.1, 0.15) is 0 Å². The highest BCUT2D eigenvalue weighted by Gasteiger charge is 2.21. The van der Waals surface area contributed by atoms with E-state index in [4.69, 9.17) is 9.97 Å². The van der Waals surface area contributed by atoms with E-state index in [1.54, 1.807) is 0 Å². The number of aromatic nitrogens is 2. The first-order valence-electron chi connectivity index (χ1n) is 19.1. The first-order chi connectivity index (χ1) is 27.7. The quantitative estimate of drug-likeness (QED) is 0.172. The molecule has 11 rings (SSSR count). The van der Waals surface area contributed by atoms with Crippen molar-refractivity contribution in [2.45, 2.75) is 0 Å². The lowest BCUT2D eigenvalue weighted by atomic mass is 9.94. The molecule has 0 spiro atoms. The van der Waals surface area contributed by atoms with Gasteiger partial charge >= 0.3 is 0 Å². The average molecular weight is 711 g/mol. The Morgan fingerprint density at radius 1 is 0.232 bits per heavy atom. The van der Waals surface area contributed by atoms with E-state index < -0.39 is 0 Å². The van der Waals surface area contributed by atoms with Gasteiger partial charge in [0, 0.05) is 16.7 Å². The second-order valence-corrected chi connectivity index (χ2v) is 14.6. The van der Waals surface area contributed by atoms with Crippen LogP contribution in [0, 0.1) is 0 Å². The van der Waals surface area contributed by atoms with Gasteiger partial charge in [0.2, 0.25) is 0 Å². The summed E-state index contributed by atoms with van der Waals surface area (Å²) < 4.78 is 0. The van der Waals surface area contributed by atoms with Crippen molar-refractivity contribution in [3.63, 3.8) is 0 Å². The summed E-state index contributed by atoms with van der Waals surface area (Å²) in [6.07, 6.45) is 0. The van der Waals surface area contributed by atoms with Gasteiger partial charge in [-0.05, 0) is 108 Å². The van der Waals surface area contributed by atoms with Crippen molar-refractivity contribution < 1.29 is 0 Å². The SMILES string of the molecule is c1ccc(-c2ccc(-c3cc(-c4ccc(-c5ccc6cc(-c7cc8c9c(cccc9c7)-c7ccccc7-8)ccc6c5)cc4)nc(-c4ccccc4)n3)cc2)cc1. The minimum absolute atomic E-state index is 0.713. The zero-order valence-electron chi connectivity index (χ0n) is 30.5. The van der Waals surface area contributed by atoms with Crippen LogP contribution in [0.1, 0.15) is 0 Å². The predicted octanol–water partition coefficient (Wildman–Crippen LogP) is 14.4. The van der Waals surface area contributed by atoms with Gasteiger partial charge in [0.25, 0.3) is 0 Å². The highest BCUT2D eigenvalue weighted by Crippen LogP contribution is 2.48. The van der Waals surface area contributed by atoms with Crippen molar-refractivity contribution in [2.75, 3.05) is 0 Å². The molecule has 0 atom stereocenters. The molecule has 9 aromatic carbocycles. The summed E-state index contributed by atoms with van der Waals surface area (Å²) in [5, 5.41) is 5.10. The lowest BCUT2D eigenvalue weighted by Gasteiger charge is -2.11. The Bertz CT molecular complexity index is 3090. The summed E-state index contributed by atoms with van der Waals surface area (Å²) in [6, 6.07) is 74.0. The molecule has 2 nitrogen and oxygen atoms in total. The van der Waals surface area contributed by atoms with Gasteiger partial charge in [-0.15, -0.1) is 0 Å². The normalized spacial score (nSPS) is 11.6. The molecule has 0 fully saturated rings. The molecule has 0 bridgehead atoms. The number of benzene rings is 9. The molecule has 10 aromatic rings. The molecule has 1 heterocycles. The van der Waals surface area contributed by atoms with E-state index >= 15 is 0 Å². The fraction of sp³-hybridized carbons (Fsp3) is 0. The van der Waals surface area contributed by atoms with E-state index in [1.165, 1.54) is 77.2 Å². The zero-order valence-corrected chi connectivity index (χ0v) is 30.5. The van der Waals surface area contributed by atoms with Crippen molar-refractivity contribution in [1.29, 1.82) is 0 Å². The molecule has 0 amide bonds. The Balaban J connectivity index is 0.908. The summed E-state index contributed by atoms with van der Waals surface area (Å²) in [5.41, 5.74) is 17.4. The molecule has 1 aliphatic carbocycles. The summed E-state index contributed by atoms with van der Waals surface area (Å²) in [5.74, 6) is 0.713. The van der Waals surface area contributed by atoms with E-state index in [9.17, 15) is 0 Å². The van der Waals surface area contributed by atoms with E-state index in [0.717, 1.165) is 28.1 Å². The van der Waals surface area contributed by atoms with Gasteiger partial charge < -0.3 is 0 Å². The van der Waals surface area contributed by atoms with Gasteiger partial charge in [0.05, 0.1) is 11.4 Å². The standard InChI is InChI=1S/C54H34N2/c1-3-10-35(11-4-1)36-18-22-38(23-19-36)51-34-52(56-54(55-51)40-12-5-2-6-13-40)39-24-20-37(21-25-39)41-26-27-43-31-44(29-28-42(43)30-41)46-32-45-14-9-17-49-47-15-7-8-16-48(47)50(33-46)53(45)49/h1-34H. The first kappa shape index (κ1) is 32.0. The highest BCUT2D eigenvalue weighted by atomic mass is 14.9. The molecule has 1 aliphatic rings. The van der Waals surface area contributed by atoms with Crippen LogP contribution in [-0.4, -0.2) is 9.97 Å². The van der Waals surface area contributed by atoms with E-state index in [-0.39, 0.29) is 0 Å². The van der Waals surface area contributed by atoms with E-state index in [2.05, 4.69) is 182 Å². The molecule has 0 radical (unpaired) electrons. The number of hydrogen-bond donors (Lipinski definition) is 0. The Kier molecular flexibility index (Phi) is 7.53. The molecule has 0 saturated carbocycles. The monoisotopic (exact) mass is 710 g/mol. The Labute approximate surface area is 326 Å². The van der Waals surface area contributed by atoms with Gasteiger partial charge in [-0.2, -0.15) is 0 Å². The number of nitrogens with zero attached hydrogens (tertiary/aromatic N) is 2.